The molecule has 0 fully saturated rings. The van der Waals surface area contributed by atoms with Gasteiger partial charge < -0.3 is 10.6 Å². The maximum atomic E-state index is 14.2. The number of hydrogen-bond acceptors (Lipinski definition) is 5. The van der Waals surface area contributed by atoms with Crippen LogP contribution in [0.4, 0.5) is 23.2 Å². The highest BCUT2D eigenvalue weighted by Crippen LogP contribution is 2.22. The molecule has 3 aromatic rings. The molecule has 0 spiro atoms. The van der Waals surface area contributed by atoms with E-state index >= 15 is 0 Å². The van der Waals surface area contributed by atoms with E-state index in [2.05, 4.69) is 10.3 Å². The summed E-state index contributed by atoms with van der Waals surface area (Å²) in [5.41, 5.74) is 1.06. The number of halogens is 4. The van der Waals surface area contributed by atoms with E-state index in [4.69, 9.17) is 0 Å². The van der Waals surface area contributed by atoms with Gasteiger partial charge in [0, 0.05) is 34.0 Å². The Bertz CT molecular complexity index is 1140. The number of thiazole rings is 1. The number of rotatable bonds is 5. The van der Waals surface area contributed by atoms with E-state index in [0.717, 1.165) is 11.8 Å². The lowest BCUT2D eigenvalue weighted by atomic mass is 10.1. The molecule has 1 aromatic carbocycles. The van der Waals surface area contributed by atoms with Gasteiger partial charge in [-0.2, -0.15) is 13.2 Å². The number of alkyl halides is 3. The van der Waals surface area contributed by atoms with Crippen LogP contribution < -0.4 is 16.2 Å². The Labute approximate surface area is 166 Å². The molecule has 11 heteroatoms. The van der Waals surface area contributed by atoms with Gasteiger partial charge in [0.2, 0.25) is 0 Å². The number of benzene rings is 1. The van der Waals surface area contributed by atoms with E-state index in [-0.39, 0.29) is 28.9 Å². The van der Waals surface area contributed by atoms with E-state index in [1.54, 1.807) is 17.6 Å². The Morgan fingerprint density at radius 1 is 1.24 bits per heavy atom. The van der Waals surface area contributed by atoms with E-state index in [9.17, 15) is 27.2 Å². The van der Waals surface area contributed by atoms with Gasteiger partial charge >= 0.3 is 6.18 Å². The number of fused-ring (bicyclic) bond motifs is 1. The third kappa shape index (κ3) is 4.73. The number of aromatic nitrogens is 2. The quantitative estimate of drug-likeness (QED) is 0.611. The van der Waals surface area contributed by atoms with Crippen LogP contribution in [0.3, 0.4) is 0 Å². The third-order valence-corrected chi connectivity index (χ3v) is 5.09. The molecule has 0 aliphatic carbocycles. The van der Waals surface area contributed by atoms with Crippen LogP contribution in [0.2, 0.25) is 0 Å². The number of carbonyl (C=O) groups excluding carboxylic acids is 1. The van der Waals surface area contributed by atoms with Crippen molar-refractivity contribution in [1.29, 1.82) is 0 Å². The fourth-order valence-corrected chi connectivity index (χ4v) is 3.54. The van der Waals surface area contributed by atoms with Gasteiger partial charge in [-0.25, -0.2) is 9.37 Å². The van der Waals surface area contributed by atoms with Crippen LogP contribution in [0.1, 0.15) is 27.3 Å². The molecule has 0 saturated heterocycles. The zero-order chi connectivity index (χ0) is 21.3. The number of carbonyl (C=O) groups is 1. The summed E-state index contributed by atoms with van der Waals surface area (Å²) in [7, 11) is 0. The average molecular weight is 428 g/mol. The summed E-state index contributed by atoms with van der Waals surface area (Å²) in [6, 6.07) is 3.47. The van der Waals surface area contributed by atoms with Crippen molar-refractivity contribution in [1.82, 2.24) is 14.7 Å². The minimum Gasteiger partial charge on any atom is -0.379 e. The minimum atomic E-state index is -4.57. The molecule has 3 rings (SSSR count). The maximum Gasteiger partial charge on any atom is 0.405 e. The van der Waals surface area contributed by atoms with Crippen molar-refractivity contribution in [3.8, 4) is 0 Å². The summed E-state index contributed by atoms with van der Waals surface area (Å²) in [5.74, 6) is -1.79. The molecule has 6 nitrogen and oxygen atoms in total. The van der Waals surface area contributed by atoms with Crippen molar-refractivity contribution in [2.45, 2.75) is 26.6 Å². The Hall–Kier alpha value is -2.95. The monoisotopic (exact) mass is 428 g/mol. The summed E-state index contributed by atoms with van der Waals surface area (Å²) in [6.07, 6.45) is -4.57. The third-order valence-electron chi connectivity index (χ3n) is 4.14. The van der Waals surface area contributed by atoms with Crippen LogP contribution in [0.25, 0.3) is 4.96 Å². The summed E-state index contributed by atoms with van der Waals surface area (Å²) < 4.78 is 52.4. The first-order valence-corrected chi connectivity index (χ1v) is 9.29. The zero-order valence-electron chi connectivity index (χ0n) is 15.4. The van der Waals surface area contributed by atoms with E-state index in [1.807, 2.05) is 0 Å². The topological polar surface area (TPSA) is 75.5 Å². The SMILES string of the molecule is Cc1c(F)cc(C(=O)NCC(F)(F)F)cc1NCc1cc(=O)n2c(C)csc2n1. The fourth-order valence-electron chi connectivity index (χ4n) is 2.65. The second-order valence-electron chi connectivity index (χ2n) is 6.36. The van der Waals surface area contributed by atoms with Crippen molar-refractivity contribution in [2.75, 3.05) is 11.9 Å². The van der Waals surface area contributed by atoms with Crippen LogP contribution in [0.5, 0.6) is 0 Å². The summed E-state index contributed by atoms with van der Waals surface area (Å²) in [6.45, 7) is 1.80. The number of hydrogen-bond donors (Lipinski definition) is 2. The van der Waals surface area contributed by atoms with Gasteiger partial charge in [-0.1, -0.05) is 0 Å². The molecule has 0 bridgehead atoms. The van der Waals surface area contributed by atoms with Crippen LogP contribution in [0, 0.1) is 19.7 Å². The molecule has 29 heavy (non-hydrogen) atoms. The van der Waals surface area contributed by atoms with Gasteiger partial charge in [0.05, 0.1) is 12.2 Å². The van der Waals surface area contributed by atoms with Gasteiger partial charge in [0.15, 0.2) is 4.96 Å². The lowest BCUT2D eigenvalue weighted by Crippen LogP contribution is -2.33. The van der Waals surface area contributed by atoms with Crippen molar-refractivity contribution in [3.63, 3.8) is 0 Å². The van der Waals surface area contributed by atoms with Crippen LogP contribution >= 0.6 is 11.3 Å². The standard InChI is InChI=1S/C18H16F4N4O2S/c1-9-7-29-17-25-12(5-15(27)26(9)17)6-23-14-4-11(3-13(19)10(14)2)16(28)24-8-18(20,21)22/h3-5,7,23H,6,8H2,1-2H3,(H,24,28). The number of amides is 1. The molecule has 0 aliphatic rings. The first-order chi connectivity index (χ1) is 13.5. The smallest absolute Gasteiger partial charge is 0.379 e. The number of nitrogens with one attached hydrogen (secondary N) is 2. The maximum absolute atomic E-state index is 14.2. The fraction of sp³-hybridized carbons (Fsp3) is 0.278. The summed E-state index contributed by atoms with van der Waals surface area (Å²) in [4.78, 5) is 29.0. The second-order valence-corrected chi connectivity index (χ2v) is 7.20. The highest BCUT2D eigenvalue weighted by molar-refractivity contribution is 7.15. The zero-order valence-corrected chi connectivity index (χ0v) is 16.2. The van der Waals surface area contributed by atoms with E-state index < -0.39 is 24.4 Å². The molecular weight excluding hydrogens is 412 g/mol. The van der Waals surface area contributed by atoms with Gasteiger partial charge in [-0.15, -0.1) is 11.3 Å². The first-order valence-electron chi connectivity index (χ1n) is 8.41. The normalized spacial score (nSPS) is 11.7. The lowest BCUT2D eigenvalue weighted by Gasteiger charge is -2.13. The molecule has 1 amide bonds. The van der Waals surface area contributed by atoms with Gasteiger partial charge in [-0.05, 0) is 26.0 Å². The van der Waals surface area contributed by atoms with Gasteiger partial charge in [-0.3, -0.25) is 14.0 Å². The Balaban J connectivity index is 1.81. The number of anilines is 1. The molecule has 2 heterocycles. The Kier molecular flexibility index (Phi) is 5.60. The second kappa shape index (κ2) is 7.82. The molecule has 2 aromatic heterocycles. The Morgan fingerprint density at radius 2 is 1.97 bits per heavy atom. The molecular formula is C18H16F4N4O2S. The summed E-state index contributed by atoms with van der Waals surface area (Å²) >= 11 is 1.30. The van der Waals surface area contributed by atoms with Crippen LogP contribution in [-0.4, -0.2) is 28.0 Å². The van der Waals surface area contributed by atoms with Crippen LogP contribution in [0.15, 0.2) is 28.4 Å². The minimum absolute atomic E-state index is 0.0661. The van der Waals surface area contributed by atoms with Gasteiger partial charge in [0.25, 0.3) is 11.5 Å². The lowest BCUT2D eigenvalue weighted by molar-refractivity contribution is -0.123. The van der Waals surface area contributed by atoms with Crippen molar-refractivity contribution >= 4 is 27.9 Å². The molecule has 0 aliphatic heterocycles. The van der Waals surface area contributed by atoms with Crippen molar-refractivity contribution < 1.29 is 22.4 Å². The number of nitrogens with zero attached hydrogens (tertiary/aromatic N) is 2. The molecule has 154 valence electrons. The first kappa shape index (κ1) is 20.8. The molecule has 0 unspecified atom stereocenters. The van der Waals surface area contributed by atoms with Crippen molar-refractivity contribution in [3.05, 3.63) is 62.3 Å². The largest absolute Gasteiger partial charge is 0.405 e. The summed E-state index contributed by atoms with van der Waals surface area (Å²) in [5, 5.41) is 6.39. The van der Waals surface area contributed by atoms with Crippen molar-refractivity contribution in [2.24, 2.45) is 0 Å². The molecule has 0 saturated carbocycles. The highest BCUT2D eigenvalue weighted by atomic mass is 32.1. The Morgan fingerprint density at radius 3 is 2.66 bits per heavy atom. The predicted molar refractivity (Wildman–Crippen MR) is 101 cm³/mol. The molecule has 0 atom stereocenters. The molecule has 2 N–H and O–H groups in total. The highest BCUT2D eigenvalue weighted by Gasteiger charge is 2.28. The van der Waals surface area contributed by atoms with E-state index in [0.29, 0.717) is 10.7 Å². The van der Waals surface area contributed by atoms with Crippen LogP contribution in [-0.2, 0) is 6.54 Å². The van der Waals surface area contributed by atoms with E-state index in [1.165, 1.54) is 34.8 Å². The average Bonchev–Trinajstić information content (AvgIpc) is 3.01. The predicted octanol–water partition coefficient (Wildman–Crippen LogP) is 3.42. The van der Waals surface area contributed by atoms with Gasteiger partial charge in [0.1, 0.15) is 12.4 Å². The number of aryl methyl sites for hydroxylation is 1. The molecule has 0 radical (unpaired) electrons.